The zero-order valence-electron chi connectivity index (χ0n) is 44.3. The summed E-state index contributed by atoms with van der Waals surface area (Å²) < 4.78 is 0. The molecule has 0 unspecified atom stereocenters. The number of fused-ring (bicyclic) bond motifs is 18. The molecule has 0 amide bonds. The maximum atomic E-state index is 2.57. The van der Waals surface area contributed by atoms with Crippen LogP contribution in [-0.2, 0) is 16.2 Å². The van der Waals surface area contributed by atoms with Gasteiger partial charge in [-0.25, -0.2) is 0 Å². The van der Waals surface area contributed by atoms with Crippen LogP contribution in [0.5, 0.6) is 0 Å². The average molecular weight is 985 g/mol. The standard InChI is InChI=1S/C75H56N2/c1-73(2)61-36-13-15-38-64(61)76(5)66-40-20-30-53(71(66)73)47-26-17-28-51-57(47)44-58-48(54-31-21-41-67-72(54)74(3,4)62-37-14-16-39-65(62)77(67)6)27-18-29-52(58)68(51)55-32-19-33-56-69-46-23-8-7-22-45(46)42-43-63(69)75(70(55)56)59-34-11-9-24-49(59)50-25-10-12-35-60(50)75/h7-44H,1-6H3. The molecular formula is C75H56N2. The van der Waals surface area contributed by atoms with Crippen LogP contribution >= 0.6 is 0 Å². The zero-order chi connectivity index (χ0) is 51.7. The second-order valence-electron chi connectivity index (χ2n) is 23.1. The van der Waals surface area contributed by atoms with E-state index in [1.54, 1.807) is 0 Å². The van der Waals surface area contributed by atoms with Crippen molar-refractivity contribution >= 4 is 55.1 Å². The quantitative estimate of drug-likeness (QED) is 0.163. The van der Waals surface area contributed by atoms with E-state index in [-0.39, 0.29) is 10.8 Å². The fraction of sp³-hybridized carbons (Fsp3) is 0.120. The van der Waals surface area contributed by atoms with Gasteiger partial charge in [0.05, 0.1) is 5.41 Å². The van der Waals surface area contributed by atoms with Crippen LogP contribution in [0.3, 0.4) is 0 Å². The Labute approximate surface area is 451 Å². The molecule has 0 saturated carbocycles. The van der Waals surface area contributed by atoms with E-state index < -0.39 is 5.41 Å². The molecule has 0 radical (unpaired) electrons. The monoisotopic (exact) mass is 984 g/mol. The molecule has 1 spiro atoms. The predicted molar refractivity (Wildman–Crippen MR) is 325 cm³/mol. The zero-order valence-corrected chi connectivity index (χ0v) is 44.3. The summed E-state index contributed by atoms with van der Waals surface area (Å²) in [5.74, 6) is 0. The third-order valence-corrected chi connectivity index (χ3v) is 18.8. The van der Waals surface area contributed by atoms with Crippen molar-refractivity contribution in [2.24, 2.45) is 0 Å². The molecule has 0 N–H and O–H groups in total. The molecule has 4 aliphatic rings. The first kappa shape index (κ1) is 44.3. The number of hydrogen-bond acceptors (Lipinski definition) is 2. The lowest BCUT2D eigenvalue weighted by atomic mass is 9.68. The SMILES string of the molecule is CN1c2ccccc2C(C)(C)c2c(-c3cccc4c(-c5cccc6c5C5(c7ccccc7-c7ccccc75)c5ccc7ccccc7c5-6)c5cccc(-c6cccc7c6C(C)(C)c6ccccc6N7C)c5cc34)cccc21. The van der Waals surface area contributed by atoms with Crippen molar-refractivity contribution in [3.63, 3.8) is 0 Å². The van der Waals surface area contributed by atoms with Crippen molar-refractivity contribution < 1.29 is 0 Å². The predicted octanol–water partition coefficient (Wildman–Crippen LogP) is 19.3. The average Bonchev–Trinajstić information content (AvgIpc) is 4.03. The Morgan fingerprint density at radius 1 is 0.260 bits per heavy atom. The van der Waals surface area contributed by atoms with E-state index in [1.807, 2.05) is 0 Å². The normalized spacial score (nSPS) is 15.4. The van der Waals surface area contributed by atoms with Gasteiger partial charge >= 0.3 is 0 Å². The van der Waals surface area contributed by atoms with Gasteiger partial charge in [-0.2, -0.15) is 0 Å². The number of para-hydroxylation sites is 2. The van der Waals surface area contributed by atoms with Crippen LogP contribution in [0.25, 0.3) is 88.0 Å². The van der Waals surface area contributed by atoms with E-state index in [4.69, 9.17) is 0 Å². The van der Waals surface area contributed by atoms with Crippen molar-refractivity contribution in [2.45, 2.75) is 43.9 Å². The van der Waals surface area contributed by atoms with Gasteiger partial charge in [0.2, 0.25) is 0 Å². The third-order valence-electron chi connectivity index (χ3n) is 18.8. The molecule has 12 aromatic rings. The lowest BCUT2D eigenvalue weighted by Crippen LogP contribution is -2.31. The molecule has 2 heterocycles. The molecule has 77 heavy (non-hydrogen) atoms. The van der Waals surface area contributed by atoms with Crippen LogP contribution in [-0.4, -0.2) is 14.1 Å². The Bertz CT molecular complexity index is 4350. The summed E-state index contributed by atoms with van der Waals surface area (Å²) in [5, 5.41) is 7.55. The van der Waals surface area contributed by atoms with Crippen molar-refractivity contribution in [3.05, 3.63) is 275 Å². The Morgan fingerprint density at radius 2 is 0.649 bits per heavy atom. The topological polar surface area (TPSA) is 6.48 Å². The molecule has 366 valence electrons. The molecule has 16 rings (SSSR count). The van der Waals surface area contributed by atoms with E-state index in [9.17, 15) is 0 Å². The van der Waals surface area contributed by atoms with Crippen molar-refractivity contribution in [1.82, 2.24) is 0 Å². The van der Waals surface area contributed by atoms with Gasteiger partial charge in [0, 0.05) is 47.7 Å². The van der Waals surface area contributed by atoms with Crippen LogP contribution < -0.4 is 9.80 Å². The van der Waals surface area contributed by atoms with Crippen molar-refractivity contribution in [1.29, 1.82) is 0 Å². The molecule has 0 atom stereocenters. The maximum absolute atomic E-state index is 2.57. The first-order chi connectivity index (χ1) is 37.6. The number of rotatable bonds is 3. The summed E-state index contributed by atoms with van der Waals surface area (Å²) in [6.07, 6.45) is 0. The van der Waals surface area contributed by atoms with Gasteiger partial charge in [-0.05, 0) is 163 Å². The molecular weight excluding hydrogens is 929 g/mol. The first-order valence-corrected chi connectivity index (χ1v) is 27.4. The lowest BCUT2D eigenvalue weighted by Gasteiger charge is -2.42. The highest BCUT2D eigenvalue weighted by atomic mass is 15.1. The fourth-order valence-corrected chi connectivity index (χ4v) is 15.6. The summed E-state index contributed by atoms with van der Waals surface area (Å²) in [4.78, 5) is 4.81. The van der Waals surface area contributed by atoms with E-state index in [0.29, 0.717) is 0 Å². The highest BCUT2D eigenvalue weighted by molar-refractivity contribution is 6.21. The van der Waals surface area contributed by atoms with Crippen LogP contribution in [0, 0.1) is 0 Å². The van der Waals surface area contributed by atoms with Gasteiger partial charge in [0.25, 0.3) is 0 Å². The minimum absolute atomic E-state index is 0.274. The molecule has 2 aliphatic carbocycles. The minimum Gasteiger partial charge on any atom is -0.344 e. The highest BCUT2D eigenvalue weighted by Crippen LogP contribution is 2.66. The summed E-state index contributed by atoms with van der Waals surface area (Å²) in [6, 6.07) is 88.4. The summed E-state index contributed by atoms with van der Waals surface area (Å²) in [7, 11) is 4.48. The number of hydrogen-bond donors (Lipinski definition) is 0. The number of anilines is 4. The molecule has 2 heteroatoms. The van der Waals surface area contributed by atoms with Gasteiger partial charge in [-0.15, -0.1) is 0 Å². The molecule has 0 aromatic heterocycles. The second-order valence-corrected chi connectivity index (χ2v) is 23.1. The van der Waals surface area contributed by atoms with E-state index in [0.717, 1.165) is 0 Å². The molecule has 0 bridgehead atoms. The van der Waals surface area contributed by atoms with Crippen LogP contribution in [0.4, 0.5) is 22.7 Å². The second kappa shape index (κ2) is 15.6. The van der Waals surface area contributed by atoms with Gasteiger partial charge in [-0.1, -0.05) is 228 Å². The van der Waals surface area contributed by atoms with E-state index in [2.05, 4.69) is 282 Å². The van der Waals surface area contributed by atoms with Gasteiger partial charge in [0.1, 0.15) is 0 Å². The van der Waals surface area contributed by atoms with Gasteiger partial charge < -0.3 is 9.80 Å². The van der Waals surface area contributed by atoms with Crippen molar-refractivity contribution in [3.8, 4) is 55.6 Å². The third kappa shape index (κ3) is 5.60. The Morgan fingerprint density at radius 3 is 1.21 bits per heavy atom. The van der Waals surface area contributed by atoms with Crippen LogP contribution in [0.1, 0.15) is 72.2 Å². The maximum Gasteiger partial charge on any atom is 0.0731 e. The van der Waals surface area contributed by atoms with Gasteiger partial charge in [-0.3, -0.25) is 0 Å². The van der Waals surface area contributed by atoms with Gasteiger partial charge in [0.15, 0.2) is 0 Å². The lowest BCUT2D eigenvalue weighted by molar-refractivity contribution is 0.631. The number of benzene rings is 12. The molecule has 12 aromatic carbocycles. The Kier molecular flexibility index (Phi) is 8.96. The minimum atomic E-state index is -0.580. The largest absolute Gasteiger partial charge is 0.344 e. The van der Waals surface area contributed by atoms with Crippen molar-refractivity contribution in [2.75, 3.05) is 23.9 Å². The Balaban J connectivity index is 1.07. The summed E-state index contributed by atoms with van der Waals surface area (Å²) in [5.41, 5.74) is 27.5. The number of nitrogens with zero attached hydrogens (tertiary/aromatic N) is 2. The van der Waals surface area contributed by atoms with Crippen LogP contribution in [0.15, 0.2) is 231 Å². The summed E-state index contributed by atoms with van der Waals surface area (Å²) in [6.45, 7) is 9.69. The smallest absolute Gasteiger partial charge is 0.0731 e. The first-order valence-electron chi connectivity index (χ1n) is 27.4. The molecule has 0 saturated heterocycles. The molecule has 0 fully saturated rings. The highest BCUT2D eigenvalue weighted by Gasteiger charge is 2.53. The molecule has 2 nitrogen and oxygen atoms in total. The fourth-order valence-electron chi connectivity index (χ4n) is 15.6. The molecule has 2 aliphatic heterocycles. The van der Waals surface area contributed by atoms with E-state index in [1.165, 1.54) is 155 Å². The van der Waals surface area contributed by atoms with E-state index >= 15 is 0 Å². The Hall–Kier alpha value is -8.98. The summed E-state index contributed by atoms with van der Waals surface area (Å²) >= 11 is 0. The van der Waals surface area contributed by atoms with Crippen LogP contribution in [0.2, 0.25) is 0 Å².